The first-order chi connectivity index (χ1) is 11.7. The van der Waals surface area contributed by atoms with Crippen LogP contribution in [0.5, 0.6) is 0 Å². The van der Waals surface area contributed by atoms with Crippen LogP contribution in [0.4, 0.5) is 5.82 Å². The highest BCUT2D eigenvalue weighted by atomic mass is 32.2. The summed E-state index contributed by atoms with van der Waals surface area (Å²) in [7, 11) is 1.36. The number of ether oxygens (including phenoxy) is 1. The van der Waals surface area contributed by atoms with Crippen molar-refractivity contribution < 1.29 is 9.53 Å². The van der Waals surface area contributed by atoms with Crippen LogP contribution in [-0.2, 0) is 9.53 Å². The highest BCUT2D eigenvalue weighted by Gasteiger charge is 2.12. The number of fused-ring (bicyclic) bond motifs is 1. The summed E-state index contributed by atoms with van der Waals surface area (Å²) in [4.78, 5) is 27.6. The zero-order valence-corrected chi connectivity index (χ0v) is 14.1. The maximum Gasteiger partial charge on any atom is 0.316 e. The molecule has 0 radical (unpaired) electrons. The van der Waals surface area contributed by atoms with E-state index in [1.807, 2.05) is 31.2 Å². The number of imidazole rings is 1. The van der Waals surface area contributed by atoms with Crippen molar-refractivity contribution in [2.24, 2.45) is 0 Å². The number of anilines is 1. The molecule has 0 bridgehead atoms. The molecule has 1 atom stereocenters. The van der Waals surface area contributed by atoms with Crippen molar-refractivity contribution in [3.8, 4) is 0 Å². The van der Waals surface area contributed by atoms with E-state index in [0.29, 0.717) is 10.8 Å². The van der Waals surface area contributed by atoms with Gasteiger partial charge in [-0.3, -0.25) is 9.78 Å². The van der Waals surface area contributed by atoms with E-state index in [-0.39, 0.29) is 17.8 Å². The van der Waals surface area contributed by atoms with Gasteiger partial charge in [-0.15, -0.1) is 0 Å². The number of carbonyl (C=O) groups is 1. The van der Waals surface area contributed by atoms with Gasteiger partial charge in [-0.05, 0) is 19.1 Å². The number of esters is 1. The van der Waals surface area contributed by atoms with Gasteiger partial charge in [-0.25, -0.2) is 9.97 Å². The summed E-state index contributed by atoms with van der Waals surface area (Å²) < 4.78 is 4.62. The lowest BCUT2D eigenvalue weighted by Crippen LogP contribution is -2.10. The van der Waals surface area contributed by atoms with E-state index in [9.17, 15) is 4.79 Å². The first kappa shape index (κ1) is 16.3. The molecular formula is C16H17N5O2S. The largest absolute Gasteiger partial charge is 0.468 e. The Labute approximate surface area is 143 Å². The van der Waals surface area contributed by atoms with Crippen LogP contribution in [0.3, 0.4) is 0 Å². The van der Waals surface area contributed by atoms with Crippen molar-refractivity contribution in [2.75, 3.05) is 18.2 Å². The molecule has 7 nitrogen and oxygen atoms in total. The fraction of sp³-hybridized carbons (Fsp3) is 0.250. The maximum atomic E-state index is 11.2. The molecule has 0 spiro atoms. The number of thioether (sulfide) groups is 1. The van der Waals surface area contributed by atoms with Crippen molar-refractivity contribution in [2.45, 2.75) is 18.0 Å². The predicted octanol–water partition coefficient (Wildman–Crippen LogP) is 2.79. The third kappa shape index (κ3) is 3.83. The summed E-state index contributed by atoms with van der Waals surface area (Å²) in [5.74, 6) is 1.35. The first-order valence-electron chi connectivity index (χ1n) is 7.38. The number of methoxy groups -OCH3 is 1. The van der Waals surface area contributed by atoms with Crippen LogP contribution in [0.2, 0.25) is 0 Å². The lowest BCUT2D eigenvalue weighted by atomic mass is 10.3. The first-order valence-corrected chi connectivity index (χ1v) is 8.37. The van der Waals surface area contributed by atoms with Crippen molar-refractivity contribution in [1.29, 1.82) is 0 Å². The lowest BCUT2D eigenvalue weighted by Gasteiger charge is -2.12. The number of benzene rings is 1. The smallest absolute Gasteiger partial charge is 0.316 e. The average molecular weight is 343 g/mol. The van der Waals surface area contributed by atoms with Gasteiger partial charge in [-0.1, -0.05) is 23.9 Å². The molecule has 0 saturated heterocycles. The second-order valence-corrected chi connectivity index (χ2v) is 6.11. The second-order valence-electron chi connectivity index (χ2n) is 5.11. The van der Waals surface area contributed by atoms with E-state index in [1.165, 1.54) is 18.9 Å². The van der Waals surface area contributed by atoms with Gasteiger partial charge in [0, 0.05) is 0 Å². The Morgan fingerprint density at radius 1 is 1.33 bits per heavy atom. The molecule has 0 saturated carbocycles. The van der Waals surface area contributed by atoms with Crippen LogP contribution in [0.1, 0.15) is 18.8 Å². The van der Waals surface area contributed by atoms with E-state index < -0.39 is 0 Å². The molecule has 3 rings (SSSR count). The van der Waals surface area contributed by atoms with Gasteiger partial charge in [0.15, 0.2) is 0 Å². The van der Waals surface area contributed by atoms with Gasteiger partial charge < -0.3 is 15.0 Å². The Morgan fingerprint density at radius 3 is 2.96 bits per heavy atom. The van der Waals surface area contributed by atoms with Crippen LogP contribution in [0, 0.1) is 0 Å². The maximum absolute atomic E-state index is 11.2. The topological polar surface area (TPSA) is 92.8 Å². The summed E-state index contributed by atoms with van der Waals surface area (Å²) in [6, 6.07) is 7.82. The number of aromatic nitrogens is 4. The minimum atomic E-state index is -0.296. The Morgan fingerprint density at radius 2 is 2.17 bits per heavy atom. The van der Waals surface area contributed by atoms with Gasteiger partial charge in [-0.2, -0.15) is 0 Å². The van der Waals surface area contributed by atoms with Gasteiger partial charge in [0.05, 0.1) is 42.3 Å². The summed E-state index contributed by atoms with van der Waals surface area (Å²) in [6.45, 7) is 1.99. The van der Waals surface area contributed by atoms with Crippen LogP contribution >= 0.6 is 11.8 Å². The number of rotatable bonds is 6. The number of carbonyl (C=O) groups excluding carboxylic acids is 1. The second kappa shape index (κ2) is 7.31. The van der Waals surface area contributed by atoms with Gasteiger partial charge in [0.2, 0.25) is 0 Å². The number of nitrogens with zero attached hydrogens (tertiary/aromatic N) is 3. The molecule has 2 aromatic heterocycles. The molecule has 0 aliphatic carbocycles. The summed E-state index contributed by atoms with van der Waals surface area (Å²) >= 11 is 1.28. The van der Waals surface area contributed by atoms with E-state index in [1.54, 1.807) is 12.4 Å². The number of aromatic amines is 1. The molecule has 2 heterocycles. The zero-order chi connectivity index (χ0) is 16.9. The van der Waals surface area contributed by atoms with Gasteiger partial charge >= 0.3 is 5.97 Å². The number of hydrogen-bond acceptors (Lipinski definition) is 7. The minimum absolute atomic E-state index is 0.0624. The van der Waals surface area contributed by atoms with E-state index in [0.717, 1.165) is 16.9 Å². The summed E-state index contributed by atoms with van der Waals surface area (Å²) in [5, 5.41) is 3.92. The van der Waals surface area contributed by atoms with Crippen LogP contribution < -0.4 is 5.32 Å². The van der Waals surface area contributed by atoms with Gasteiger partial charge in [0.25, 0.3) is 0 Å². The quantitative estimate of drug-likeness (QED) is 0.525. The number of hydrogen-bond donors (Lipinski definition) is 2. The highest BCUT2D eigenvalue weighted by molar-refractivity contribution is 7.99. The molecule has 1 unspecified atom stereocenters. The molecule has 0 aliphatic rings. The SMILES string of the molecule is COC(=O)CSc1cncc(NC(C)c2nc3ccccc3[nH]2)n1. The third-order valence-electron chi connectivity index (χ3n) is 3.36. The molecule has 0 fully saturated rings. The monoisotopic (exact) mass is 343 g/mol. The van der Waals surface area contributed by atoms with Crippen LogP contribution in [0.25, 0.3) is 11.0 Å². The Kier molecular flexibility index (Phi) is 4.95. The Bertz CT molecular complexity index is 818. The molecule has 24 heavy (non-hydrogen) atoms. The van der Waals surface area contributed by atoms with E-state index in [2.05, 4.69) is 30.0 Å². The molecule has 0 aliphatic heterocycles. The Balaban J connectivity index is 1.69. The summed E-state index contributed by atoms with van der Waals surface area (Å²) in [6.07, 6.45) is 3.26. The zero-order valence-electron chi connectivity index (χ0n) is 13.3. The standard InChI is InChI=1S/C16H17N5O2S/c1-10(16-19-11-5-3-4-6-12(11)20-16)18-13-7-17-8-14(21-13)24-9-15(22)23-2/h3-8,10H,9H2,1-2H3,(H,18,21)(H,19,20). The molecule has 1 aromatic carbocycles. The number of nitrogens with one attached hydrogen (secondary N) is 2. The van der Waals surface area contributed by atoms with Crippen LogP contribution in [-0.4, -0.2) is 38.8 Å². The minimum Gasteiger partial charge on any atom is -0.468 e. The number of H-pyrrole nitrogens is 1. The predicted molar refractivity (Wildman–Crippen MR) is 92.9 cm³/mol. The number of para-hydroxylation sites is 2. The molecule has 0 amide bonds. The normalized spacial score (nSPS) is 12.1. The van der Waals surface area contributed by atoms with Crippen molar-refractivity contribution >= 4 is 34.6 Å². The lowest BCUT2D eigenvalue weighted by molar-refractivity contribution is -0.137. The third-order valence-corrected chi connectivity index (χ3v) is 4.23. The van der Waals surface area contributed by atoms with Crippen molar-refractivity contribution in [3.05, 3.63) is 42.5 Å². The Hall–Kier alpha value is -2.61. The fourth-order valence-electron chi connectivity index (χ4n) is 2.15. The molecule has 2 N–H and O–H groups in total. The van der Waals surface area contributed by atoms with Crippen molar-refractivity contribution in [1.82, 2.24) is 19.9 Å². The average Bonchev–Trinajstić information content (AvgIpc) is 3.04. The molecular weight excluding hydrogens is 326 g/mol. The molecule has 124 valence electrons. The summed E-state index contributed by atoms with van der Waals surface area (Å²) in [5.41, 5.74) is 1.92. The van der Waals surface area contributed by atoms with E-state index in [4.69, 9.17) is 0 Å². The van der Waals surface area contributed by atoms with Crippen LogP contribution in [0.15, 0.2) is 41.7 Å². The highest BCUT2D eigenvalue weighted by Crippen LogP contribution is 2.21. The van der Waals surface area contributed by atoms with Gasteiger partial charge in [0.1, 0.15) is 16.7 Å². The molecule has 3 aromatic rings. The van der Waals surface area contributed by atoms with Crippen molar-refractivity contribution in [3.63, 3.8) is 0 Å². The van der Waals surface area contributed by atoms with E-state index >= 15 is 0 Å². The fourth-order valence-corrected chi connectivity index (χ4v) is 2.83. The molecule has 8 heteroatoms.